The van der Waals surface area contributed by atoms with Gasteiger partial charge in [0.15, 0.2) is 0 Å². The number of benzene rings is 1. The van der Waals surface area contributed by atoms with Gasteiger partial charge in [-0.1, -0.05) is 6.07 Å². The van der Waals surface area contributed by atoms with E-state index >= 15 is 0 Å². The maximum absolute atomic E-state index is 12.1. The fourth-order valence-electron chi connectivity index (χ4n) is 1.48. The first-order chi connectivity index (χ1) is 8.95. The Hall–Kier alpha value is -2.16. The van der Waals surface area contributed by atoms with Gasteiger partial charge >= 0.3 is 6.61 Å². The number of ether oxygens (including phenoxy) is 1. The lowest BCUT2D eigenvalue weighted by Gasteiger charge is -2.23. The van der Waals surface area contributed by atoms with Crippen LogP contribution in [0.15, 0.2) is 24.3 Å². The molecule has 0 aliphatic heterocycles. The summed E-state index contributed by atoms with van der Waals surface area (Å²) in [5, 5.41) is 8.59. The molecule has 1 atom stereocenters. The summed E-state index contributed by atoms with van der Waals surface area (Å²) in [6.45, 7) is -1.19. The lowest BCUT2D eigenvalue weighted by molar-refractivity contribution is -0.0499. The van der Waals surface area contributed by atoms with Crippen LogP contribution in [0.5, 0.6) is 5.75 Å². The van der Waals surface area contributed by atoms with Crippen LogP contribution in [0, 0.1) is 11.3 Å². The van der Waals surface area contributed by atoms with Gasteiger partial charge in [0, 0.05) is 18.7 Å². The second-order valence-corrected chi connectivity index (χ2v) is 4.03. The summed E-state index contributed by atoms with van der Waals surface area (Å²) in [5.74, 6) is -0.412. The summed E-state index contributed by atoms with van der Waals surface area (Å²) in [7, 11) is 1.56. The van der Waals surface area contributed by atoms with Crippen molar-refractivity contribution in [1.82, 2.24) is 4.90 Å². The number of hydrogen-bond acceptors (Lipinski definition) is 3. The Kier molecular flexibility index (Phi) is 5.24. The second-order valence-electron chi connectivity index (χ2n) is 4.03. The first-order valence-electron chi connectivity index (χ1n) is 5.64. The Morgan fingerprint density at radius 3 is 2.79 bits per heavy atom. The summed E-state index contributed by atoms with van der Waals surface area (Å²) >= 11 is 0. The highest BCUT2D eigenvalue weighted by molar-refractivity contribution is 5.94. The van der Waals surface area contributed by atoms with E-state index in [4.69, 9.17) is 5.26 Å². The highest BCUT2D eigenvalue weighted by Crippen LogP contribution is 2.17. The minimum absolute atomic E-state index is 0.0674. The van der Waals surface area contributed by atoms with Crippen LogP contribution in [-0.4, -0.2) is 30.5 Å². The van der Waals surface area contributed by atoms with E-state index in [1.54, 1.807) is 14.0 Å². The molecule has 0 saturated heterocycles. The average Bonchev–Trinajstić information content (AvgIpc) is 2.36. The maximum Gasteiger partial charge on any atom is 0.387 e. The molecule has 0 aromatic heterocycles. The van der Waals surface area contributed by atoms with Crippen molar-refractivity contribution in [1.29, 1.82) is 5.26 Å². The molecule has 19 heavy (non-hydrogen) atoms. The van der Waals surface area contributed by atoms with E-state index in [9.17, 15) is 13.6 Å². The summed E-state index contributed by atoms with van der Waals surface area (Å²) in [5.41, 5.74) is 0.241. The first kappa shape index (κ1) is 14.9. The normalized spacial score (nSPS) is 11.8. The number of amides is 1. The molecule has 0 N–H and O–H groups in total. The molecule has 1 rings (SSSR count). The number of carbonyl (C=O) groups excluding carboxylic acids is 1. The molecule has 6 heteroatoms. The molecule has 0 bridgehead atoms. The van der Waals surface area contributed by atoms with E-state index in [0.717, 1.165) is 0 Å². The first-order valence-corrected chi connectivity index (χ1v) is 5.64. The van der Waals surface area contributed by atoms with Gasteiger partial charge in [0.1, 0.15) is 5.75 Å². The number of alkyl halides is 2. The Morgan fingerprint density at radius 2 is 2.21 bits per heavy atom. The second kappa shape index (κ2) is 6.69. The van der Waals surface area contributed by atoms with Crippen molar-refractivity contribution in [3.8, 4) is 11.8 Å². The SMILES string of the molecule is CC(CC#N)N(C)C(=O)c1cccc(OC(F)F)c1. The molecule has 1 aromatic carbocycles. The predicted molar refractivity (Wildman–Crippen MR) is 64.9 cm³/mol. The lowest BCUT2D eigenvalue weighted by atomic mass is 10.1. The molecule has 1 amide bonds. The molecule has 0 heterocycles. The molecule has 0 aliphatic rings. The van der Waals surface area contributed by atoms with Crippen LogP contribution in [0.25, 0.3) is 0 Å². The fourth-order valence-corrected chi connectivity index (χ4v) is 1.48. The molecule has 4 nitrogen and oxygen atoms in total. The Bertz CT molecular complexity index is 486. The van der Waals surface area contributed by atoms with E-state index in [-0.39, 0.29) is 29.7 Å². The summed E-state index contributed by atoms with van der Waals surface area (Å²) in [6, 6.07) is 7.30. The average molecular weight is 268 g/mol. The van der Waals surface area contributed by atoms with Crippen LogP contribution in [-0.2, 0) is 0 Å². The standard InChI is InChI=1S/C13H14F2N2O2/c1-9(6-7-16)17(2)12(18)10-4-3-5-11(8-10)19-13(14)15/h3-5,8-9,13H,6H2,1-2H3. The fraction of sp³-hybridized carbons (Fsp3) is 0.385. The minimum Gasteiger partial charge on any atom is -0.435 e. The van der Waals surface area contributed by atoms with Crippen molar-refractivity contribution in [2.24, 2.45) is 0 Å². The number of nitriles is 1. The van der Waals surface area contributed by atoms with Crippen molar-refractivity contribution < 1.29 is 18.3 Å². The Morgan fingerprint density at radius 1 is 1.53 bits per heavy atom. The number of rotatable bonds is 5. The molecule has 0 radical (unpaired) electrons. The predicted octanol–water partition coefficient (Wildman–Crippen LogP) is 2.66. The van der Waals surface area contributed by atoms with Gasteiger partial charge in [-0.15, -0.1) is 0 Å². The third-order valence-corrected chi connectivity index (χ3v) is 2.67. The Balaban J connectivity index is 2.85. The van der Waals surface area contributed by atoms with E-state index in [1.165, 1.54) is 29.2 Å². The lowest BCUT2D eigenvalue weighted by Crippen LogP contribution is -2.34. The topological polar surface area (TPSA) is 53.3 Å². The van der Waals surface area contributed by atoms with E-state index < -0.39 is 6.61 Å². The van der Waals surface area contributed by atoms with Gasteiger partial charge in [-0.2, -0.15) is 14.0 Å². The van der Waals surface area contributed by atoms with Gasteiger partial charge in [0.2, 0.25) is 0 Å². The van der Waals surface area contributed by atoms with Crippen LogP contribution < -0.4 is 4.74 Å². The van der Waals surface area contributed by atoms with Crippen LogP contribution in [0.4, 0.5) is 8.78 Å². The maximum atomic E-state index is 12.1. The third-order valence-electron chi connectivity index (χ3n) is 2.67. The molecule has 1 unspecified atom stereocenters. The van der Waals surface area contributed by atoms with Crippen molar-refractivity contribution in [2.75, 3.05) is 7.05 Å². The van der Waals surface area contributed by atoms with E-state index in [0.29, 0.717) is 0 Å². The zero-order valence-corrected chi connectivity index (χ0v) is 10.6. The molecule has 0 saturated carbocycles. The molecule has 1 aromatic rings. The number of nitrogens with zero attached hydrogens (tertiary/aromatic N) is 2. The van der Waals surface area contributed by atoms with Gasteiger partial charge in [-0.05, 0) is 25.1 Å². The van der Waals surface area contributed by atoms with Crippen LogP contribution in [0.2, 0.25) is 0 Å². The molecule has 0 fully saturated rings. The summed E-state index contributed by atoms with van der Waals surface area (Å²) in [4.78, 5) is 13.5. The third kappa shape index (κ3) is 4.21. The zero-order valence-electron chi connectivity index (χ0n) is 10.6. The van der Waals surface area contributed by atoms with Gasteiger partial charge < -0.3 is 9.64 Å². The van der Waals surface area contributed by atoms with Crippen LogP contribution >= 0.6 is 0 Å². The van der Waals surface area contributed by atoms with Gasteiger partial charge in [0.05, 0.1) is 12.5 Å². The molecule has 0 spiro atoms. The molecule has 102 valence electrons. The van der Waals surface area contributed by atoms with Gasteiger partial charge in [-0.25, -0.2) is 0 Å². The monoisotopic (exact) mass is 268 g/mol. The zero-order chi connectivity index (χ0) is 14.4. The summed E-state index contributed by atoms with van der Waals surface area (Å²) < 4.78 is 28.4. The van der Waals surface area contributed by atoms with E-state index in [2.05, 4.69) is 4.74 Å². The Labute approximate surface area is 110 Å². The van der Waals surface area contributed by atoms with E-state index in [1.807, 2.05) is 6.07 Å². The van der Waals surface area contributed by atoms with Crippen molar-refractivity contribution >= 4 is 5.91 Å². The van der Waals surface area contributed by atoms with Gasteiger partial charge in [0.25, 0.3) is 5.91 Å². The number of halogens is 2. The highest BCUT2D eigenvalue weighted by atomic mass is 19.3. The van der Waals surface area contributed by atoms with Crippen molar-refractivity contribution in [2.45, 2.75) is 26.0 Å². The highest BCUT2D eigenvalue weighted by Gasteiger charge is 2.18. The molecule has 0 aliphatic carbocycles. The van der Waals surface area contributed by atoms with Gasteiger partial charge in [-0.3, -0.25) is 4.79 Å². The molecular formula is C13H14F2N2O2. The smallest absolute Gasteiger partial charge is 0.387 e. The number of carbonyl (C=O) groups is 1. The molecular weight excluding hydrogens is 254 g/mol. The van der Waals surface area contributed by atoms with Crippen molar-refractivity contribution in [3.63, 3.8) is 0 Å². The van der Waals surface area contributed by atoms with Crippen molar-refractivity contribution in [3.05, 3.63) is 29.8 Å². The minimum atomic E-state index is -2.93. The van der Waals surface area contributed by atoms with Crippen LogP contribution in [0.1, 0.15) is 23.7 Å². The van der Waals surface area contributed by atoms with Crippen LogP contribution in [0.3, 0.4) is 0 Å². The quantitative estimate of drug-likeness (QED) is 0.825. The summed E-state index contributed by atoms with van der Waals surface area (Å²) in [6.07, 6.45) is 0.204. The number of hydrogen-bond donors (Lipinski definition) is 0. The largest absolute Gasteiger partial charge is 0.435 e.